The Hall–Kier alpha value is -0.01000. The van der Waals surface area contributed by atoms with Crippen molar-refractivity contribution in [2.45, 2.75) is 21.7 Å². The molecule has 0 radical (unpaired) electrons. The van der Waals surface area contributed by atoms with Crippen LogP contribution in [0.25, 0.3) is 0 Å². The van der Waals surface area contributed by atoms with Crippen LogP contribution >= 0.6 is 57.7 Å². The normalized spacial score (nSPS) is 14.0. The minimum absolute atomic E-state index is 0.0972. The predicted octanol–water partition coefficient (Wildman–Crippen LogP) is 5.10. The van der Waals surface area contributed by atoms with Crippen molar-refractivity contribution in [1.82, 2.24) is 4.72 Å². The molecule has 0 saturated heterocycles. The summed E-state index contributed by atoms with van der Waals surface area (Å²) in [6.45, 7) is 1.86. The van der Waals surface area contributed by atoms with E-state index in [1.54, 1.807) is 24.3 Å². The van der Waals surface area contributed by atoms with Crippen LogP contribution in [0.1, 0.15) is 16.5 Å². The molecule has 1 aromatic heterocycles. The fourth-order valence-electron chi connectivity index (χ4n) is 1.71. The fourth-order valence-corrected chi connectivity index (χ4v) is 5.11. The quantitative estimate of drug-likeness (QED) is 0.702. The summed E-state index contributed by atoms with van der Waals surface area (Å²) in [7, 11) is -3.84. The molecule has 0 fully saturated rings. The van der Waals surface area contributed by atoms with E-state index in [1.165, 1.54) is 12.1 Å². The van der Waals surface area contributed by atoms with Gasteiger partial charge in [-0.1, -0.05) is 64.1 Å². The topological polar surface area (TPSA) is 46.2 Å². The fraction of sp³-hybridized carbons (Fsp3) is 0.231. The summed E-state index contributed by atoms with van der Waals surface area (Å²) >= 11 is 24.8. The van der Waals surface area contributed by atoms with E-state index in [9.17, 15) is 8.42 Å². The first kappa shape index (κ1) is 18.3. The van der Waals surface area contributed by atoms with E-state index in [-0.39, 0.29) is 4.90 Å². The highest BCUT2D eigenvalue weighted by molar-refractivity contribution is 7.89. The van der Waals surface area contributed by atoms with Gasteiger partial charge in [0, 0.05) is 4.88 Å². The van der Waals surface area contributed by atoms with Crippen LogP contribution in [0.15, 0.2) is 41.3 Å². The number of alkyl halides is 3. The number of halogens is 4. The molecule has 0 saturated carbocycles. The Balaban J connectivity index is 2.36. The molecule has 0 bridgehead atoms. The van der Waals surface area contributed by atoms with E-state index < -0.39 is 19.9 Å². The lowest BCUT2D eigenvalue weighted by Crippen LogP contribution is -2.36. The van der Waals surface area contributed by atoms with Crippen molar-refractivity contribution in [3.05, 3.63) is 51.2 Å². The molecule has 3 nitrogen and oxygen atoms in total. The second-order valence-electron chi connectivity index (χ2n) is 4.55. The Labute approximate surface area is 153 Å². The molecule has 0 unspecified atom stereocenters. The SMILES string of the molecule is Cc1ccc(S(=O)(=O)N[C@H](c2ccc(Cl)s2)C(Cl)(Cl)Cl)cc1. The number of rotatable bonds is 4. The van der Waals surface area contributed by atoms with Gasteiger partial charge in [0.05, 0.1) is 9.23 Å². The van der Waals surface area contributed by atoms with Crippen LogP contribution in [0.3, 0.4) is 0 Å². The Bertz CT molecular complexity index is 751. The molecule has 0 aliphatic rings. The summed E-state index contributed by atoms with van der Waals surface area (Å²) in [5, 5.41) is 0. The molecule has 0 amide bonds. The van der Waals surface area contributed by atoms with Gasteiger partial charge in [-0.3, -0.25) is 0 Å². The molecular weight excluding hydrogens is 408 g/mol. The molecule has 0 spiro atoms. The first-order valence-corrected chi connectivity index (χ1v) is 9.82. The summed E-state index contributed by atoms with van der Waals surface area (Å²) in [4.78, 5) is 0.612. The third-order valence-corrected chi connectivity index (χ3v) is 6.20. The van der Waals surface area contributed by atoms with Gasteiger partial charge in [0.25, 0.3) is 0 Å². The molecule has 2 aromatic rings. The van der Waals surface area contributed by atoms with Crippen molar-refractivity contribution >= 4 is 67.8 Å². The number of sulfonamides is 1. The molecule has 120 valence electrons. The van der Waals surface area contributed by atoms with E-state index in [0.717, 1.165) is 16.9 Å². The van der Waals surface area contributed by atoms with Gasteiger partial charge in [-0.15, -0.1) is 11.3 Å². The highest BCUT2D eigenvalue weighted by Gasteiger charge is 2.38. The molecule has 1 N–H and O–H groups in total. The van der Waals surface area contributed by atoms with Crippen molar-refractivity contribution in [2.24, 2.45) is 0 Å². The number of thiophene rings is 1. The highest BCUT2D eigenvalue weighted by atomic mass is 35.6. The van der Waals surface area contributed by atoms with E-state index >= 15 is 0 Å². The monoisotopic (exact) mass is 417 g/mol. The summed E-state index contributed by atoms with van der Waals surface area (Å²) < 4.78 is 26.0. The highest BCUT2D eigenvalue weighted by Crippen LogP contribution is 2.43. The average Bonchev–Trinajstić information content (AvgIpc) is 2.81. The Morgan fingerprint density at radius 1 is 1.09 bits per heavy atom. The van der Waals surface area contributed by atoms with E-state index in [0.29, 0.717) is 9.21 Å². The van der Waals surface area contributed by atoms with Crippen LogP contribution in [-0.2, 0) is 10.0 Å². The summed E-state index contributed by atoms with van der Waals surface area (Å²) in [6, 6.07) is 8.58. The van der Waals surface area contributed by atoms with Crippen molar-refractivity contribution in [3.63, 3.8) is 0 Å². The average molecular weight is 419 g/mol. The number of hydrogen-bond acceptors (Lipinski definition) is 3. The zero-order chi connectivity index (χ0) is 16.5. The second kappa shape index (κ2) is 6.85. The van der Waals surface area contributed by atoms with Crippen LogP contribution in [-0.4, -0.2) is 12.2 Å². The molecule has 9 heteroatoms. The van der Waals surface area contributed by atoms with Gasteiger partial charge in [0.15, 0.2) is 0 Å². The molecule has 22 heavy (non-hydrogen) atoms. The minimum atomic E-state index is -3.84. The number of aryl methyl sites for hydroxylation is 1. The van der Waals surface area contributed by atoms with E-state index in [4.69, 9.17) is 46.4 Å². The predicted molar refractivity (Wildman–Crippen MR) is 93.9 cm³/mol. The maximum absolute atomic E-state index is 12.5. The van der Waals surface area contributed by atoms with Gasteiger partial charge in [0.2, 0.25) is 13.8 Å². The third kappa shape index (κ3) is 4.51. The van der Waals surface area contributed by atoms with Crippen molar-refractivity contribution in [2.75, 3.05) is 0 Å². The summed E-state index contributed by atoms with van der Waals surface area (Å²) in [6.07, 6.45) is 0. The van der Waals surface area contributed by atoms with E-state index in [1.807, 2.05) is 6.92 Å². The smallest absolute Gasteiger partial charge is 0.207 e. The maximum atomic E-state index is 12.5. The number of nitrogens with one attached hydrogen (secondary N) is 1. The van der Waals surface area contributed by atoms with Gasteiger partial charge >= 0.3 is 0 Å². The van der Waals surface area contributed by atoms with Crippen molar-refractivity contribution < 1.29 is 8.42 Å². The third-order valence-electron chi connectivity index (χ3n) is 2.81. The lowest BCUT2D eigenvalue weighted by molar-refractivity contribution is 0.560. The Morgan fingerprint density at radius 3 is 2.14 bits per heavy atom. The van der Waals surface area contributed by atoms with Crippen LogP contribution in [0.5, 0.6) is 0 Å². The van der Waals surface area contributed by atoms with Crippen LogP contribution in [0, 0.1) is 6.92 Å². The van der Waals surface area contributed by atoms with Crippen molar-refractivity contribution in [1.29, 1.82) is 0 Å². The molecule has 1 heterocycles. The van der Waals surface area contributed by atoms with Gasteiger partial charge in [-0.25, -0.2) is 8.42 Å². The number of hydrogen-bond donors (Lipinski definition) is 1. The number of benzene rings is 1. The minimum Gasteiger partial charge on any atom is -0.207 e. The molecular formula is C13H11Cl4NO2S2. The van der Waals surface area contributed by atoms with Gasteiger partial charge in [-0.2, -0.15) is 4.72 Å². The lowest BCUT2D eigenvalue weighted by Gasteiger charge is -2.24. The largest absolute Gasteiger partial charge is 0.241 e. The van der Waals surface area contributed by atoms with Gasteiger partial charge < -0.3 is 0 Å². The van der Waals surface area contributed by atoms with Crippen LogP contribution in [0.4, 0.5) is 0 Å². The van der Waals surface area contributed by atoms with E-state index in [2.05, 4.69) is 4.72 Å². The molecule has 1 aromatic carbocycles. The zero-order valence-electron chi connectivity index (χ0n) is 11.2. The standard InChI is InChI=1S/C13H11Cl4NO2S2/c1-8-2-4-9(5-3-8)22(19,20)18-12(13(15,16)17)10-6-7-11(14)21-10/h2-7,12,18H,1H3/t12-/m1/s1. The van der Waals surface area contributed by atoms with Crippen molar-refractivity contribution in [3.8, 4) is 0 Å². The first-order valence-electron chi connectivity index (χ1n) is 6.00. The second-order valence-corrected chi connectivity index (χ2v) is 10.4. The summed E-state index contributed by atoms with van der Waals surface area (Å²) in [5.41, 5.74) is 0.946. The molecule has 1 atom stereocenters. The Kier molecular flexibility index (Phi) is 5.71. The van der Waals surface area contributed by atoms with Crippen LogP contribution in [0.2, 0.25) is 4.34 Å². The van der Waals surface area contributed by atoms with Gasteiger partial charge in [0.1, 0.15) is 6.04 Å². The summed E-state index contributed by atoms with van der Waals surface area (Å²) in [5.74, 6) is 0. The maximum Gasteiger partial charge on any atom is 0.241 e. The molecule has 0 aliphatic carbocycles. The first-order chi connectivity index (χ1) is 10.1. The zero-order valence-corrected chi connectivity index (χ0v) is 15.8. The van der Waals surface area contributed by atoms with Gasteiger partial charge in [-0.05, 0) is 31.2 Å². The Morgan fingerprint density at radius 2 is 1.68 bits per heavy atom. The molecule has 0 aliphatic heterocycles. The molecule has 2 rings (SSSR count). The van der Waals surface area contributed by atoms with Crippen LogP contribution < -0.4 is 4.72 Å². The lowest BCUT2D eigenvalue weighted by atomic mass is 10.2.